The van der Waals surface area contributed by atoms with E-state index in [1.165, 1.54) is 6.07 Å². The first kappa shape index (κ1) is 24.8. The molecule has 0 aliphatic carbocycles. The first-order chi connectivity index (χ1) is 16.6. The largest absolute Gasteiger partial charge is 0.394 e. The Bertz CT molecular complexity index is 1580. The number of fused-ring (bicyclic) bond motifs is 1. The molecule has 2 aromatic heterocycles. The molecule has 4 aromatic rings. The molecule has 4 rings (SSSR count). The highest BCUT2D eigenvalue weighted by molar-refractivity contribution is 7.92. The van der Waals surface area contributed by atoms with Gasteiger partial charge in [0.2, 0.25) is 25.9 Å². The van der Waals surface area contributed by atoms with Crippen molar-refractivity contribution in [1.82, 2.24) is 35.3 Å². The number of aliphatic hydroxyl groups excluding tert-OH is 1. The average Bonchev–Trinajstić information content (AvgIpc) is 3.50. The van der Waals surface area contributed by atoms with Gasteiger partial charge in [-0.3, -0.25) is 0 Å². The number of rotatable bonds is 9. The zero-order valence-electron chi connectivity index (χ0n) is 18.0. The number of hydrogen-bond donors (Lipinski definition) is 7. The molecule has 0 aliphatic heterocycles. The summed E-state index contributed by atoms with van der Waals surface area (Å²) < 4.78 is 53.7. The Kier molecular flexibility index (Phi) is 6.64. The molecule has 1 atom stereocenters. The lowest BCUT2D eigenvalue weighted by atomic mass is 9.98. The van der Waals surface area contributed by atoms with E-state index in [2.05, 4.69) is 35.3 Å². The molecule has 0 radical (unpaired) electrons. The second-order valence-electron chi connectivity index (χ2n) is 7.40. The van der Waals surface area contributed by atoms with Crippen LogP contribution in [0.2, 0.25) is 0 Å². The number of hydrogen-bond acceptors (Lipinski definition) is 11. The SMILES string of the molecule is NCCNS(=O)(=O)c1ccc(-c2cccc3[nH]c([C@@H](N)CO)nc23)c(-c2nn[nH]n2)c1S(N)(=O)=O. The van der Waals surface area contributed by atoms with E-state index in [1.807, 2.05) is 0 Å². The van der Waals surface area contributed by atoms with E-state index in [9.17, 15) is 21.9 Å². The number of primary sulfonamides is 1. The van der Waals surface area contributed by atoms with E-state index in [0.29, 0.717) is 22.4 Å². The van der Waals surface area contributed by atoms with Crippen LogP contribution in [0.5, 0.6) is 0 Å². The van der Waals surface area contributed by atoms with Crippen LogP contribution in [0.15, 0.2) is 40.1 Å². The minimum atomic E-state index is -4.65. The lowest BCUT2D eigenvalue weighted by molar-refractivity contribution is 0.264. The lowest BCUT2D eigenvalue weighted by Gasteiger charge is -2.16. The first-order valence-electron chi connectivity index (χ1n) is 10.1. The third-order valence-electron chi connectivity index (χ3n) is 5.07. The van der Waals surface area contributed by atoms with Crippen molar-refractivity contribution in [3.63, 3.8) is 0 Å². The van der Waals surface area contributed by atoms with Crippen LogP contribution in [0.4, 0.5) is 0 Å². The molecule has 0 aliphatic rings. The van der Waals surface area contributed by atoms with E-state index in [-0.39, 0.29) is 36.6 Å². The summed E-state index contributed by atoms with van der Waals surface area (Å²) >= 11 is 0. The Morgan fingerprint density at radius 3 is 2.51 bits per heavy atom. The van der Waals surface area contributed by atoms with E-state index in [1.54, 1.807) is 18.2 Å². The minimum Gasteiger partial charge on any atom is -0.394 e. The maximum atomic E-state index is 12.9. The van der Waals surface area contributed by atoms with Crippen molar-refractivity contribution in [3.05, 3.63) is 36.2 Å². The Morgan fingerprint density at radius 2 is 1.89 bits per heavy atom. The quantitative estimate of drug-likeness (QED) is 0.130. The molecular formula is C18H22N10O5S2. The summed E-state index contributed by atoms with van der Waals surface area (Å²) in [5.41, 5.74) is 12.6. The zero-order chi connectivity index (χ0) is 25.4. The number of nitrogens with zero attached hydrogens (tertiary/aromatic N) is 4. The van der Waals surface area contributed by atoms with Crippen LogP contribution in [0.1, 0.15) is 11.9 Å². The molecule has 10 N–H and O–H groups in total. The third-order valence-corrected chi connectivity index (χ3v) is 7.70. The highest BCUT2D eigenvalue weighted by atomic mass is 32.2. The fourth-order valence-corrected chi connectivity index (χ4v) is 6.22. The lowest BCUT2D eigenvalue weighted by Crippen LogP contribution is -2.31. The number of aliphatic hydroxyl groups is 1. The zero-order valence-corrected chi connectivity index (χ0v) is 19.6. The van der Waals surface area contributed by atoms with Gasteiger partial charge in [-0.25, -0.2) is 31.7 Å². The molecule has 0 amide bonds. The topological polar surface area (TPSA) is 262 Å². The van der Waals surface area contributed by atoms with Gasteiger partial charge in [0.15, 0.2) is 0 Å². The van der Waals surface area contributed by atoms with Gasteiger partial charge in [0.25, 0.3) is 0 Å². The Hall–Kier alpha value is -3.32. The summed E-state index contributed by atoms with van der Waals surface area (Å²) in [7, 11) is -8.99. The Balaban J connectivity index is 2.10. The van der Waals surface area contributed by atoms with Crippen LogP contribution in [0.3, 0.4) is 0 Å². The summed E-state index contributed by atoms with van der Waals surface area (Å²) in [4.78, 5) is 6.14. The van der Waals surface area contributed by atoms with E-state index in [4.69, 9.17) is 16.6 Å². The number of tetrazole rings is 1. The van der Waals surface area contributed by atoms with Crippen molar-refractivity contribution < 1.29 is 21.9 Å². The second kappa shape index (κ2) is 9.38. The number of para-hydroxylation sites is 1. The summed E-state index contributed by atoms with van der Waals surface area (Å²) in [5, 5.41) is 28.4. The fraction of sp³-hybridized carbons (Fsp3) is 0.222. The molecule has 0 bridgehead atoms. The van der Waals surface area contributed by atoms with Crippen molar-refractivity contribution >= 4 is 31.1 Å². The molecule has 35 heavy (non-hydrogen) atoms. The number of benzene rings is 2. The minimum absolute atomic E-state index is 0.0147. The number of imidazole rings is 1. The molecule has 2 heterocycles. The number of nitrogens with one attached hydrogen (secondary N) is 3. The normalized spacial score (nSPS) is 13.4. The van der Waals surface area contributed by atoms with Gasteiger partial charge in [-0.2, -0.15) is 5.21 Å². The van der Waals surface area contributed by atoms with Crippen molar-refractivity contribution in [1.29, 1.82) is 0 Å². The highest BCUT2D eigenvalue weighted by Gasteiger charge is 2.32. The molecule has 0 spiro atoms. The van der Waals surface area contributed by atoms with Crippen LogP contribution in [0.25, 0.3) is 33.5 Å². The van der Waals surface area contributed by atoms with Crippen LogP contribution >= 0.6 is 0 Å². The Labute approximate surface area is 199 Å². The summed E-state index contributed by atoms with van der Waals surface area (Å²) in [5.74, 6) is 0.0904. The van der Waals surface area contributed by atoms with Crippen LogP contribution in [0, 0.1) is 0 Å². The predicted octanol–water partition coefficient (Wildman–Crippen LogP) is -1.71. The van der Waals surface area contributed by atoms with Gasteiger partial charge >= 0.3 is 0 Å². The molecule has 0 unspecified atom stereocenters. The van der Waals surface area contributed by atoms with Gasteiger partial charge < -0.3 is 21.6 Å². The van der Waals surface area contributed by atoms with Gasteiger partial charge in [0, 0.05) is 18.7 Å². The van der Waals surface area contributed by atoms with E-state index < -0.39 is 35.9 Å². The maximum absolute atomic E-state index is 12.9. The standard InChI is InChI=1S/C18H22N10O5S2/c19-6-7-22-35(32,33)13-5-4-9(14(16(13)34(21,30)31)18-25-27-28-26-18)10-2-1-3-12-15(10)24-17(23-12)11(20)8-29/h1-5,11,22,29H,6-8,19-20H2,(H,23,24)(H2,21,30,31)(H,25,26,27,28)/t11-/m0/s1. The second-order valence-corrected chi connectivity index (χ2v) is 10.6. The van der Waals surface area contributed by atoms with E-state index in [0.717, 1.165) is 6.07 Å². The molecule has 186 valence electrons. The molecule has 0 saturated heterocycles. The van der Waals surface area contributed by atoms with Crippen LogP contribution in [-0.4, -0.2) is 72.2 Å². The van der Waals surface area contributed by atoms with Gasteiger partial charge in [-0.1, -0.05) is 18.2 Å². The van der Waals surface area contributed by atoms with Crippen molar-refractivity contribution in [2.75, 3.05) is 19.7 Å². The first-order valence-corrected chi connectivity index (χ1v) is 13.1. The number of sulfonamides is 2. The van der Waals surface area contributed by atoms with Gasteiger partial charge in [-0.05, 0) is 22.9 Å². The van der Waals surface area contributed by atoms with Crippen molar-refractivity contribution in [2.45, 2.75) is 15.8 Å². The van der Waals surface area contributed by atoms with Gasteiger partial charge in [-0.15, -0.1) is 10.2 Å². The number of H-pyrrole nitrogens is 2. The van der Waals surface area contributed by atoms with Crippen molar-refractivity contribution in [2.24, 2.45) is 16.6 Å². The predicted molar refractivity (Wildman–Crippen MR) is 124 cm³/mol. The summed E-state index contributed by atoms with van der Waals surface area (Å²) in [6.45, 7) is -0.507. The summed E-state index contributed by atoms with van der Waals surface area (Å²) in [6, 6.07) is 6.76. The monoisotopic (exact) mass is 522 g/mol. The molecule has 0 saturated carbocycles. The van der Waals surface area contributed by atoms with E-state index >= 15 is 0 Å². The maximum Gasteiger partial charge on any atom is 0.241 e. The molecule has 2 aromatic carbocycles. The average molecular weight is 523 g/mol. The highest BCUT2D eigenvalue weighted by Crippen LogP contribution is 2.40. The smallest absolute Gasteiger partial charge is 0.241 e. The molecular weight excluding hydrogens is 500 g/mol. The van der Waals surface area contributed by atoms with Gasteiger partial charge in [0.05, 0.1) is 29.2 Å². The number of aromatic nitrogens is 6. The van der Waals surface area contributed by atoms with Gasteiger partial charge in [0.1, 0.15) is 15.6 Å². The molecule has 15 nitrogen and oxygen atoms in total. The van der Waals surface area contributed by atoms with Crippen LogP contribution < -0.4 is 21.3 Å². The van der Waals surface area contributed by atoms with Crippen LogP contribution in [-0.2, 0) is 20.0 Å². The molecule has 0 fully saturated rings. The fourth-order valence-electron chi connectivity index (χ4n) is 3.57. The molecule has 17 heteroatoms. The number of aromatic amines is 2. The Morgan fingerprint density at radius 1 is 1.11 bits per heavy atom. The van der Waals surface area contributed by atoms with Crippen molar-refractivity contribution in [3.8, 4) is 22.5 Å². The third kappa shape index (κ3) is 4.65. The summed E-state index contributed by atoms with van der Waals surface area (Å²) in [6.07, 6.45) is 0. The number of nitrogens with two attached hydrogens (primary N) is 3.